The van der Waals surface area contributed by atoms with Crippen molar-refractivity contribution in [2.75, 3.05) is 18.5 Å². The number of carbonyl (C=O) groups is 2. The van der Waals surface area contributed by atoms with Crippen LogP contribution >= 0.6 is 0 Å². The minimum absolute atomic E-state index is 0.0145. The standard InChI is InChI=1S/C29H39N5O9/c1-16-6-9-22-17(2)26(40-27-29(22)21(16)10-11-28(4,41-27)42-43-29)39-13-5-12-38-23-14-19(7-8-20(23)25(36)37)30-24(35)15-34-32-18(3)31-33-34/h7-8,14,16-17,21-22,26-27H,5-6,9-13,15H2,1-4H3,(H,30,35)(H,36,37)/t16-,17-,21?,22+,26+,27-,28-,29-/m1/s1. The van der Waals surface area contributed by atoms with Crippen LogP contribution in [0.15, 0.2) is 18.2 Å². The number of tetrazole rings is 1. The van der Waals surface area contributed by atoms with Crippen LogP contribution in [-0.4, -0.2) is 74.4 Å². The van der Waals surface area contributed by atoms with Crippen molar-refractivity contribution in [3.8, 4) is 5.75 Å². The molecule has 43 heavy (non-hydrogen) atoms. The number of anilines is 1. The number of aromatic carboxylic acids is 1. The van der Waals surface area contributed by atoms with Gasteiger partial charge < -0.3 is 29.4 Å². The molecule has 2 bridgehead atoms. The van der Waals surface area contributed by atoms with Gasteiger partial charge in [0.15, 0.2) is 24.0 Å². The SMILES string of the molecule is Cc1nnn(CC(=O)Nc2ccc(C(=O)O)c(OCCCO[C@H]3O[C@@H]4O[C@@]5(C)CCC6[C@H](C)CC[C@@H]([C@H]3C)[C@]64OO5)c2)n1. The van der Waals surface area contributed by atoms with Crippen LogP contribution in [0.5, 0.6) is 5.75 Å². The summed E-state index contributed by atoms with van der Waals surface area (Å²) in [6.07, 6.45) is 3.21. The predicted octanol–water partition coefficient (Wildman–Crippen LogP) is 3.31. The first-order valence-corrected chi connectivity index (χ1v) is 14.9. The second kappa shape index (κ2) is 11.7. The number of nitrogens with zero attached hydrogens (tertiary/aromatic N) is 4. The number of rotatable bonds is 10. The Balaban J connectivity index is 1.05. The number of hydrogen-bond acceptors (Lipinski definition) is 11. The van der Waals surface area contributed by atoms with E-state index in [-0.39, 0.29) is 42.2 Å². The highest BCUT2D eigenvalue weighted by molar-refractivity contribution is 5.94. The molecule has 14 heteroatoms. The molecule has 1 aromatic heterocycles. The third-order valence-corrected chi connectivity index (χ3v) is 9.26. The first-order valence-electron chi connectivity index (χ1n) is 14.9. The second-order valence-electron chi connectivity index (χ2n) is 12.3. The normalized spacial score (nSPS) is 34.7. The quantitative estimate of drug-likeness (QED) is 0.302. The van der Waals surface area contributed by atoms with E-state index in [2.05, 4.69) is 34.6 Å². The number of ether oxygens (including phenoxy) is 4. The largest absolute Gasteiger partial charge is 0.493 e. The Bertz CT molecular complexity index is 1360. The molecule has 1 spiro atoms. The maximum absolute atomic E-state index is 12.4. The topological polar surface area (TPSA) is 165 Å². The Hall–Kier alpha value is -3.17. The number of carbonyl (C=O) groups excluding carboxylic acids is 1. The molecule has 5 aliphatic rings. The molecule has 5 heterocycles. The third-order valence-electron chi connectivity index (χ3n) is 9.26. The van der Waals surface area contributed by atoms with Gasteiger partial charge in [0.05, 0.1) is 13.2 Å². The number of carboxylic acid groups (broad SMARTS) is 1. The summed E-state index contributed by atoms with van der Waals surface area (Å²) < 4.78 is 24.9. The third kappa shape index (κ3) is 5.74. The fourth-order valence-electron chi connectivity index (χ4n) is 7.12. The maximum atomic E-state index is 12.4. The highest BCUT2D eigenvalue weighted by Gasteiger charge is 2.69. The van der Waals surface area contributed by atoms with Gasteiger partial charge in [0.2, 0.25) is 11.7 Å². The Labute approximate surface area is 249 Å². The Morgan fingerprint density at radius 3 is 2.77 bits per heavy atom. The van der Waals surface area contributed by atoms with Gasteiger partial charge in [-0.05, 0) is 62.3 Å². The lowest BCUT2D eigenvalue weighted by Crippen LogP contribution is -2.70. The molecular weight excluding hydrogens is 562 g/mol. The fourth-order valence-corrected chi connectivity index (χ4v) is 7.12. The van der Waals surface area contributed by atoms with Gasteiger partial charge in [0.1, 0.15) is 17.9 Å². The lowest BCUT2D eigenvalue weighted by atomic mass is 9.58. The van der Waals surface area contributed by atoms with E-state index in [0.717, 1.165) is 25.7 Å². The molecule has 1 unspecified atom stereocenters. The molecule has 5 fully saturated rings. The number of benzene rings is 1. The number of aromatic nitrogens is 4. The van der Waals surface area contributed by atoms with Crippen LogP contribution < -0.4 is 10.1 Å². The number of nitrogens with one attached hydrogen (secondary N) is 1. The summed E-state index contributed by atoms with van der Waals surface area (Å²) in [6, 6.07) is 4.37. The number of fused-ring (bicyclic) bond motifs is 2. The van der Waals surface area contributed by atoms with Crippen molar-refractivity contribution in [1.29, 1.82) is 0 Å². The van der Waals surface area contributed by atoms with E-state index in [0.29, 0.717) is 30.5 Å². The van der Waals surface area contributed by atoms with Crippen molar-refractivity contribution in [3.63, 3.8) is 0 Å². The number of carboxylic acids is 1. The summed E-state index contributed by atoms with van der Waals surface area (Å²) in [5.41, 5.74) is -0.275. The van der Waals surface area contributed by atoms with Crippen molar-refractivity contribution in [2.45, 2.75) is 90.3 Å². The molecule has 234 valence electrons. The number of amides is 1. The lowest BCUT2D eigenvalue weighted by molar-refractivity contribution is -0.577. The molecule has 0 radical (unpaired) electrons. The van der Waals surface area contributed by atoms with Gasteiger partial charge in [-0.2, -0.15) is 4.80 Å². The first-order chi connectivity index (χ1) is 20.6. The van der Waals surface area contributed by atoms with Crippen molar-refractivity contribution in [1.82, 2.24) is 20.2 Å². The first kappa shape index (κ1) is 29.9. The van der Waals surface area contributed by atoms with Crippen LogP contribution in [0.1, 0.15) is 69.1 Å². The fraction of sp³-hybridized carbons (Fsp3) is 0.690. The van der Waals surface area contributed by atoms with Crippen LogP contribution in [0.2, 0.25) is 0 Å². The minimum atomic E-state index is -1.14. The van der Waals surface area contributed by atoms with Gasteiger partial charge in [-0.15, -0.1) is 10.2 Å². The lowest BCUT2D eigenvalue weighted by Gasteiger charge is -2.60. The summed E-state index contributed by atoms with van der Waals surface area (Å²) in [5.74, 6) is -0.806. The smallest absolute Gasteiger partial charge is 0.339 e. The van der Waals surface area contributed by atoms with Gasteiger partial charge in [0, 0.05) is 36.4 Å². The van der Waals surface area contributed by atoms with Gasteiger partial charge in [-0.1, -0.05) is 13.8 Å². The molecule has 2 N–H and O–H groups in total. The minimum Gasteiger partial charge on any atom is -0.493 e. The summed E-state index contributed by atoms with van der Waals surface area (Å²) in [4.78, 5) is 37.4. The van der Waals surface area contributed by atoms with Gasteiger partial charge in [-0.25, -0.2) is 14.6 Å². The van der Waals surface area contributed by atoms with Gasteiger partial charge in [0.25, 0.3) is 0 Å². The Morgan fingerprint density at radius 2 is 2.00 bits per heavy atom. The molecule has 1 aromatic carbocycles. The molecule has 4 saturated heterocycles. The molecule has 4 aliphatic heterocycles. The van der Waals surface area contributed by atoms with E-state index in [9.17, 15) is 14.7 Å². The van der Waals surface area contributed by atoms with E-state index in [1.165, 1.54) is 23.0 Å². The number of hydrogen-bond donors (Lipinski definition) is 2. The van der Waals surface area contributed by atoms with E-state index in [1.807, 2.05) is 6.92 Å². The summed E-state index contributed by atoms with van der Waals surface area (Å²) >= 11 is 0. The van der Waals surface area contributed by atoms with E-state index in [4.69, 9.17) is 28.7 Å². The Kier molecular flexibility index (Phi) is 8.15. The van der Waals surface area contributed by atoms with Crippen molar-refractivity contribution >= 4 is 17.6 Å². The average molecular weight is 602 g/mol. The van der Waals surface area contributed by atoms with Crippen LogP contribution in [0, 0.1) is 30.6 Å². The van der Waals surface area contributed by atoms with Crippen LogP contribution in [0.3, 0.4) is 0 Å². The zero-order chi connectivity index (χ0) is 30.4. The summed E-state index contributed by atoms with van der Waals surface area (Å²) in [5, 5.41) is 23.8. The second-order valence-corrected chi connectivity index (χ2v) is 12.3. The highest BCUT2D eigenvalue weighted by atomic mass is 17.3. The predicted molar refractivity (Wildman–Crippen MR) is 147 cm³/mol. The highest BCUT2D eigenvalue weighted by Crippen LogP contribution is 2.60. The molecular formula is C29H39N5O9. The van der Waals surface area contributed by atoms with E-state index < -0.39 is 35.8 Å². The molecule has 1 aliphatic carbocycles. The van der Waals surface area contributed by atoms with Crippen molar-refractivity contribution < 1.29 is 43.4 Å². The van der Waals surface area contributed by atoms with Gasteiger partial charge in [-0.3, -0.25) is 4.79 Å². The molecule has 8 atom stereocenters. The van der Waals surface area contributed by atoms with Crippen LogP contribution in [0.4, 0.5) is 5.69 Å². The average Bonchev–Trinajstić information content (AvgIpc) is 3.23. The molecule has 14 nitrogen and oxygen atoms in total. The van der Waals surface area contributed by atoms with Crippen molar-refractivity contribution in [2.24, 2.45) is 23.7 Å². The molecule has 1 amide bonds. The molecule has 7 rings (SSSR count). The van der Waals surface area contributed by atoms with Crippen LogP contribution in [0.25, 0.3) is 0 Å². The van der Waals surface area contributed by atoms with Crippen molar-refractivity contribution in [3.05, 3.63) is 29.6 Å². The maximum Gasteiger partial charge on any atom is 0.339 e. The zero-order valence-corrected chi connectivity index (χ0v) is 24.9. The summed E-state index contributed by atoms with van der Waals surface area (Å²) in [6.45, 7) is 8.37. The van der Waals surface area contributed by atoms with Gasteiger partial charge >= 0.3 is 5.97 Å². The molecule has 1 saturated carbocycles. The Morgan fingerprint density at radius 1 is 1.16 bits per heavy atom. The molecule has 2 aromatic rings. The number of aryl methyl sites for hydroxylation is 1. The van der Waals surface area contributed by atoms with E-state index >= 15 is 0 Å². The van der Waals surface area contributed by atoms with Crippen LogP contribution in [-0.2, 0) is 35.3 Å². The zero-order valence-electron chi connectivity index (χ0n) is 24.9. The summed E-state index contributed by atoms with van der Waals surface area (Å²) in [7, 11) is 0. The monoisotopic (exact) mass is 601 g/mol. The van der Waals surface area contributed by atoms with E-state index in [1.54, 1.807) is 6.92 Å².